The Labute approximate surface area is 179 Å². The Hall–Kier alpha value is -2.97. The standard InChI is InChI=1S/C22H21N3O3S2/c1-15-8-3-4-9-16(15)20-14-19(23-25(20)22(26)21-12-7-13-29-21)17-10-5-6-11-18(17)24-30(2,27)28/h3-13,20,24H,14H2,1-2H3. The first-order valence-corrected chi connectivity index (χ1v) is 12.2. The van der Waals surface area contributed by atoms with Gasteiger partial charge in [0.1, 0.15) is 0 Å². The van der Waals surface area contributed by atoms with Gasteiger partial charge < -0.3 is 0 Å². The Balaban J connectivity index is 1.78. The molecule has 6 nitrogen and oxygen atoms in total. The van der Waals surface area contributed by atoms with Gasteiger partial charge in [0.05, 0.1) is 28.6 Å². The van der Waals surface area contributed by atoms with Gasteiger partial charge in [-0.2, -0.15) is 5.10 Å². The van der Waals surface area contributed by atoms with Crippen molar-refractivity contribution in [3.05, 3.63) is 87.6 Å². The molecule has 2 aromatic carbocycles. The summed E-state index contributed by atoms with van der Waals surface area (Å²) in [7, 11) is -3.45. The number of nitrogens with zero attached hydrogens (tertiary/aromatic N) is 2. The zero-order chi connectivity index (χ0) is 21.3. The second-order valence-corrected chi connectivity index (χ2v) is 9.87. The van der Waals surface area contributed by atoms with Crippen LogP contribution in [0.5, 0.6) is 0 Å². The number of para-hydroxylation sites is 1. The van der Waals surface area contributed by atoms with Crippen LogP contribution >= 0.6 is 11.3 Å². The van der Waals surface area contributed by atoms with E-state index in [0.29, 0.717) is 28.3 Å². The summed E-state index contributed by atoms with van der Waals surface area (Å²) in [5.74, 6) is -0.165. The number of carbonyl (C=O) groups is 1. The lowest BCUT2D eigenvalue weighted by Crippen LogP contribution is -2.26. The van der Waals surface area contributed by atoms with Crippen LogP contribution in [0.3, 0.4) is 0 Å². The molecule has 3 aromatic rings. The number of rotatable bonds is 5. The molecule has 0 saturated heterocycles. The Morgan fingerprint density at radius 3 is 2.53 bits per heavy atom. The van der Waals surface area contributed by atoms with Gasteiger partial charge in [-0.15, -0.1) is 11.3 Å². The molecule has 1 atom stereocenters. The van der Waals surface area contributed by atoms with Gasteiger partial charge in [0, 0.05) is 12.0 Å². The highest BCUT2D eigenvalue weighted by atomic mass is 32.2. The number of hydrogen-bond acceptors (Lipinski definition) is 5. The first-order chi connectivity index (χ1) is 14.3. The maximum absolute atomic E-state index is 13.2. The summed E-state index contributed by atoms with van der Waals surface area (Å²) >= 11 is 1.38. The third-order valence-electron chi connectivity index (χ3n) is 4.93. The summed E-state index contributed by atoms with van der Waals surface area (Å²) < 4.78 is 26.2. The molecule has 0 saturated carbocycles. The normalized spacial score (nSPS) is 16.4. The van der Waals surface area contributed by atoms with Crippen molar-refractivity contribution < 1.29 is 13.2 Å². The van der Waals surface area contributed by atoms with Crippen LogP contribution in [0.2, 0.25) is 0 Å². The smallest absolute Gasteiger partial charge is 0.283 e. The number of hydrogen-bond donors (Lipinski definition) is 1. The van der Waals surface area contributed by atoms with Crippen molar-refractivity contribution in [3.8, 4) is 0 Å². The highest BCUT2D eigenvalue weighted by molar-refractivity contribution is 7.92. The second-order valence-electron chi connectivity index (χ2n) is 7.17. The average molecular weight is 440 g/mol. The van der Waals surface area contributed by atoms with Crippen LogP contribution < -0.4 is 4.72 Å². The third-order valence-corrected chi connectivity index (χ3v) is 6.38. The highest BCUT2D eigenvalue weighted by Crippen LogP contribution is 2.37. The molecule has 0 bridgehead atoms. The molecule has 30 heavy (non-hydrogen) atoms. The van der Waals surface area contributed by atoms with Crippen molar-refractivity contribution in [1.82, 2.24) is 5.01 Å². The molecule has 1 aromatic heterocycles. The Bertz CT molecular complexity index is 1220. The van der Waals surface area contributed by atoms with Gasteiger partial charge in [-0.25, -0.2) is 13.4 Å². The minimum atomic E-state index is -3.45. The largest absolute Gasteiger partial charge is 0.284 e. The maximum atomic E-state index is 13.2. The zero-order valence-electron chi connectivity index (χ0n) is 16.6. The molecule has 154 valence electrons. The molecule has 2 heterocycles. The number of amides is 1. The van der Waals surface area contributed by atoms with E-state index < -0.39 is 10.0 Å². The lowest BCUT2D eigenvalue weighted by atomic mass is 9.95. The van der Waals surface area contributed by atoms with Crippen molar-refractivity contribution in [2.24, 2.45) is 5.10 Å². The quantitative estimate of drug-likeness (QED) is 0.639. The van der Waals surface area contributed by atoms with Crippen molar-refractivity contribution >= 4 is 38.7 Å². The van der Waals surface area contributed by atoms with E-state index in [-0.39, 0.29) is 11.9 Å². The van der Waals surface area contributed by atoms with Crippen LogP contribution in [-0.4, -0.2) is 31.3 Å². The molecule has 0 fully saturated rings. The number of thiophene rings is 1. The number of anilines is 1. The first kappa shape index (κ1) is 20.3. The predicted octanol–water partition coefficient (Wildman–Crippen LogP) is 4.42. The van der Waals surface area contributed by atoms with E-state index in [4.69, 9.17) is 0 Å². The van der Waals surface area contributed by atoms with Gasteiger partial charge in [0.15, 0.2) is 0 Å². The Morgan fingerprint density at radius 1 is 1.10 bits per heavy atom. The van der Waals surface area contributed by atoms with E-state index in [9.17, 15) is 13.2 Å². The van der Waals surface area contributed by atoms with E-state index >= 15 is 0 Å². The molecule has 1 N–H and O–H groups in total. The van der Waals surface area contributed by atoms with Crippen molar-refractivity contribution in [3.63, 3.8) is 0 Å². The summed E-state index contributed by atoms with van der Waals surface area (Å²) in [6.45, 7) is 2.01. The van der Waals surface area contributed by atoms with E-state index in [0.717, 1.165) is 17.4 Å². The van der Waals surface area contributed by atoms with Gasteiger partial charge >= 0.3 is 0 Å². The van der Waals surface area contributed by atoms with Crippen molar-refractivity contribution in [2.45, 2.75) is 19.4 Å². The van der Waals surface area contributed by atoms with E-state index in [1.165, 1.54) is 16.3 Å². The number of hydrazone groups is 1. The summed E-state index contributed by atoms with van der Waals surface area (Å²) in [4.78, 5) is 13.8. The summed E-state index contributed by atoms with van der Waals surface area (Å²) in [6, 6.07) is 18.4. The van der Waals surface area contributed by atoms with E-state index in [1.807, 2.05) is 54.8 Å². The fourth-order valence-corrected chi connectivity index (χ4v) is 4.83. The van der Waals surface area contributed by atoms with E-state index in [1.54, 1.807) is 18.2 Å². The molecular formula is C22H21N3O3S2. The van der Waals surface area contributed by atoms with Gasteiger partial charge in [-0.1, -0.05) is 48.5 Å². The van der Waals surface area contributed by atoms with Gasteiger partial charge in [0.25, 0.3) is 5.91 Å². The molecule has 1 aliphatic rings. The summed E-state index contributed by atoms with van der Waals surface area (Å²) in [6.07, 6.45) is 1.60. The van der Waals surface area contributed by atoms with Crippen molar-refractivity contribution in [2.75, 3.05) is 11.0 Å². The highest BCUT2D eigenvalue weighted by Gasteiger charge is 2.35. The lowest BCUT2D eigenvalue weighted by Gasteiger charge is -2.23. The monoisotopic (exact) mass is 439 g/mol. The summed E-state index contributed by atoms with van der Waals surface area (Å²) in [5.41, 5.74) is 3.88. The Morgan fingerprint density at radius 2 is 1.83 bits per heavy atom. The molecule has 1 amide bonds. The molecule has 0 spiro atoms. The molecule has 0 radical (unpaired) electrons. The average Bonchev–Trinajstić information content (AvgIpc) is 3.37. The lowest BCUT2D eigenvalue weighted by molar-refractivity contribution is 0.0716. The third kappa shape index (κ3) is 4.15. The first-order valence-electron chi connectivity index (χ1n) is 9.41. The Kier molecular flexibility index (Phi) is 5.44. The molecule has 4 rings (SSSR count). The SMILES string of the molecule is Cc1ccccc1C1CC(c2ccccc2NS(C)(=O)=O)=NN1C(=O)c1cccs1. The van der Waals surface area contributed by atoms with Crippen molar-refractivity contribution in [1.29, 1.82) is 0 Å². The van der Waals surface area contributed by atoms with Gasteiger partial charge in [-0.05, 0) is 35.6 Å². The zero-order valence-corrected chi connectivity index (χ0v) is 18.2. The molecule has 8 heteroatoms. The fraction of sp³-hybridized carbons (Fsp3) is 0.182. The van der Waals surface area contributed by atoms with Crippen LogP contribution in [0, 0.1) is 6.92 Å². The fourth-order valence-electron chi connectivity index (χ4n) is 3.60. The minimum absolute atomic E-state index is 0.165. The number of carbonyl (C=O) groups excluding carboxylic acids is 1. The molecule has 1 aliphatic heterocycles. The van der Waals surface area contributed by atoms with Crippen LogP contribution in [0.15, 0.2) is 71.1 Å². The van der Waals surface area contributed by atoms with Gasteiger partial charge in [0.2, 0.25) is 10.0 Å². The number of aryl methyl sites for hydroxylation is 1. The predicted molar refractivity (Wildman–Crippen MR) is 120 cm³/mol. The van der Waals surface area contributed by atoms with Crippen LogP contribution in [0.1, 0.15) is 38.8 Å². The second kappa shape index (κ2) is 8.04. The van der Waals surface area contributed by atoms with Crippen LogP contribution in [-0.2, 0) is 10.0 Å². The van der Waals surface area contributed by atoms with Crippen LogP contribution in [0.4, 0.5) is 5.69 Å². The van der Waals surface area contributed by atoms with Crippen LogP contribution in [0.25, 0.3) is 0 Å². The maximum Gasteiger partial charge on any atom is 0.284 e. The number of benzene rings is 2. The topological polar surface area (TPSA) is 78.8 Å². The number of sulfonamides is 1. The summed E-state index contributed by atoms with van der Waals surface area (Å²) in [5, 5.41) is 8.07. The molecule has 1 unspecified atom stereocenters. The number of nitrogens with one attached hydrogen (secondary N) is 1. The minimum Gasteiger partial charge on any atom is -0.283 e. The van der Waals surface area contributed by atoms with E-state index in [2.05, 4.69) is 9.82 Å². The van der Waals surface area contributed by atoms with Gasteiger partial charge in [-0.3, -0.25) is 9.52 Å². The molecule has 0 aliphatic carbocycles. The molecular weight excluding hydrogens is 418 g/mol.